The van der Waals surface area contributed by atoms with Gasteiger partial charge in [-0.05, 0) is 69.0 Å². The predicted octanol–water partition coefficient (Wildman–Crippen LogP) is 5.23. The molecule has 5 aliphatic rings. The minimum atomic E-state index is -1.29. The Hall–Kier alpha value is -5.97. The third-order valence-corrected chi connectivity index (χ3v) is 13.4. The number of terminal acetylenes is 1. The van der Waals surface area contributed by atoms with Gasteiger partial charge in [-0.3, -0.25) is 9.78 Å². The van der Waals surface area contributed by atoms with Gasteiger partial charge in [-0.1, -0.05) is 18.6 Å². The molecule has 1 aliphatic carbocycles. The first kappa shape index (κ1) is 41.4. The van der Waals surface area contributed by atoms with Crippen molar-refractivity contribution >= 4 is 34.1 Å². The Morgan fingerprint density at radius 3 is 2.69 bits per heavy atom. The first-order valence-corrected chi connectivity index (χ1v) is 21.0. The minimum absolute atomic E-state index is 0.00608. The van der Waals surface area contributed by atoms with Gasteiger partial charge in [0.15, 0.2) is 5.82 Å². The summed E-state index contributed by atoms with van der Waals surface area (Å²) in [6, 6.07) is 8.15. The van der Waals surface area contributed by atoms with E-state index in [-0.39, 0.29) is 97.5 Å². The summed E-state index contributed by atoms with van der Waals surface area (Å²) in [5, 5.41) is 21.7. The number of alkyl halides is 1. The summed E-state index contributed by atoms with van der Waals surface area (Å²) in [5.74, 6) is 0.157. The first-order valence-electron chi connectivity index (χ1n) is 21.0. The number of hydrogen-bond donors (Lipinski definition) is 1. The standard InChI is InChI=1S/C46H48F3N9O4/c1-6-32-35(48)10-8-27-15-46(5,60)17-33(39(27)32)41-40(49)42-34(20-52-41)43(55-22-31-14-28(18-50)36(23-55)58(31)38(59)7-2)54-44(53-42)62-25-45(4)16-29(47)21-57(45)37-11-9-30(19-51-37)56-12-13-61-24-26(56)3/h1,7-11,19-20,26,28-29,31,33,36,60H,2,12-17,21-25H2,3-5H3/t26-,28?,29+,31+,33+,36+,45-,46-/m0/s1. The molecule has 1 aromatic carbocycles. The normalized spacial score (nSPS) is 29.3. The maximum Gasteiger partial charge on any atom is 0.319 e. The molecule has 13 nitrogen and oxygen atoms in total. The van der Waals surface area contributed by atoms with Crippen molar-refractivity contribution in [3.63, 3.8) is 0 Å². The number of aromatic nitrogens is 4. The molecule has 1 amide bonds. The number of pyridine rings is 2. The van der Waals surface area contributed by atoms with Gasteiger partial charge in [0.25, 0.3) is 0 Å². The van der Waals surface area contributed by atoms with Crippen molar-refractivity contribution in [2.24, 2.45) is 5.92 Å². The summed E-state index contributed by atoms with van der Waals surface area (Å²) in [7, 11) is 0. The van der Waals surface area contributed by atoms with Gasteiger partial charge in [0.1, 0.15) is 35.7 Å². The van der Waals surface area contributed by atoms with Gasteiger partial charge >= 0.3 is 6.01 Å². The van der Waals surface area contributed by atoms with Crippen LogP contribution in [0.5, 0.6) is 6.01 Å². The van der Waals surface area contributed by atoms with Gasteiger partial charge in [-0.2, -0.15) is 15.2 Å². The molecule has 4 aliphatic heterocycles. The van der Waals surface area contributed by atoms with Crippen LogP contribution in [0.1, 0.15) is 68.3 Å². The van der Waals surface area contributed by atoms with E-state index >= 15 is 13.2 Å². The highest BCUT2D eigenvalue weighted by Crippen LogP contribution is 2.45. The molecule has 3 aromatic heterocycles. The predicted molar refractivity (Wildman–Crippen MR) is 226 cm³/mol. The maximum absolute atomic E-state index is 17.5. The molecule has 62 heavy (non-hydrogen) atoms. The lowest BCUT2D eigenvalue weighted by atomic mass is 9.72. The van der Waals surface area contributed by atoms with E-state index in [9.17, 15) is 15.2 Å². The van der Waals surface area contributed by atoms with Crippen LogP contribution >= 0.6 is 0 Å². The average molecular weight is 848 g/mol. The lowest BCUT2D eigenvalue weighted by molar-refractivity contribution is -0.129. The zero-order valence-electron chi connectivity index (χ0n) is 34.9. The fraction of sp³-hybridized carbons (Fsp3) is 0.478. The molecular formula is C46H48F3N9O4. The Balaban J connectivity index is 1.10. The van der Waals surface area contributed by atoms with Gasteiger partial charge in [0, 0.05) is 50.6 Å². The molecule has 16 heteroatoms. The van der Waals surface area contributed by atoms with Crippen molar-refractivity contribution in [1.29, 1.82) is 5.26 Å². The lowest BCUT2D eigenvalue weighted by Crippen LogP contribution is -2.56. The molecule has 0 radical (unpaired) electrons. The highest BCUT2D eigenvalue weighted by molar-refractivity contribution is 5.91. The number of piperazine rings is 1. The van der Waals surface area contributed by atoms with Crippen molar-refractivity contribution in [3.05, 3.63) is 83.3 Å². The second kappa shape index (κ2) is 15.7. The number of benzene rings is 1. The van der Waals surface area contributed by atoms with E-state index in [0.717, 1.165) is 12.2 Å². The molecule has 322 valence electrons. The van der Waals surface area contributed by atoms with Crippen molar-refractivity contribution in [2.45, 2.75) is 87.8 Å². The van der Waals surface area contributed by atoms with Crippen LogP contribution < -0.4 is 19.4 Å². The first-order chi connectivity index (χ1) is 29.7. The Morgan fingerprint density at radius 1 is 1.15 bits per heavy atom. The molecular weight excluding hydrogens is 800 g/mol. The van der Waals surface area contributed by atoms with E-state index in [1.807, 2.05) is 28.9 Å². The number of hydrogen-bond acceptors (Lipinski definition) is 12. The molecule has 0 saturated carbocycles. The summed E-state index contributed by atoms with van der Waals surface area (Å²) in [4.78, 5) is 39.5. The van der Waals surface area contributed by atoms with Crippen LogP contribution in [0, 0.1) is 41.2 Å². The van der Waals surface area contributed by atoms with Crippen LogP contribution in [0.25, 0.3) is 10.9 Å². The molecule has 8 atom stereocenters. The van der Waals surface area contributed by atoms with Crippen LogP contribution in [0.3, 0.4) is 0 Å². The number of rotatable bonds is 8. The molecule has 1 N–H and O–H groups in total. The second-order valence-electron chi connectivity index (χ2n) is 17.9. The summed E-state index contributed by atoms with van der Waals surface area (Å²) >= 11 is 0. The van der Waals surface area contributed by atoms with Crippen LogP contribution in [-0.2, 0) is 16.0 Å². The van der Waals surface area contributed by atoms with E-state index in [1.165, 1.54) is 18.3 Å². The number of nitriles is 1. The number of morpholine rings is 1. The summed E-state index contributed by atoms with van der Waals surface area (Å²) in [6.07, 6.45) is 9.86. The van der Waals surface area contributed by atoms with E-state index < -0.39 is 46.8 Å². The number of carbonyl (C=O) groups excluding carboxylic acids is 1. The quantitative estimate of drug-likeness (QED) is 0.183. The monoisotopic (exact) mass is 847 g/mol. The van der Waals surface area contributed by atoms with Crippen LogP contribution in [-0.4, -0.2) is 117 Å². The third kappa shape index (κ3) is 7.13. The minimum Gasteiger partial charge on any atom is -0.461 e. The lowest BCUT2D eigenvalue weighted by Gasteiger charge is -2.41. The number of carbonyl (C=O) groups is 1. The summed E-state index contributed by atoms with van der Waals surface area (Å²) in [6.45, 7) is 11.7. The van der Waals surface area contributed by atoms with Gasteiger partial charge in [-0.15, -0.1) is 6.42 Å². The average Bonchev–Trinajstić information content (AvgIpc) is 3.69. The zero-order valence-corrected chi connectivity index (χ0v) is 34.9. The highest BCUT2D eigenvalue weighted by atomic mass is 19.1. The largest absolute Gasteiger partial charge is 0.461 e. The molecule has 9 rings (SSSR count). The Morgan fingerprint density at radius 2 is 1.97 bits per heavy atom. The van der Waals surface area contributed by atoms with Gasteiger partial charge in [0.2, 0.25) is 5.91 Å². The number of anilines is 3. The van der Waals surface area contributed by atoms with E-state index in [0.29, 0.717) is 36.6 Å². The van der Waals surface area contributed by atoms with E-state index in [2.05, 4.69) is 40.4 Å². The van der Waals surface area contributed by atoms with Crippen molar-refractivity contribution in [3.8, 4) is 24.4 Å². The fourth-order valence-corrected chi connectivity index (χ4v) is 10.5. The van der Waals surface area contributed by atoms with Crippen molar-refractivity contribution in [2.75, 3.05) is 60.7 Å². The smallest absolute Gasteiger partial charge is 0.319 e. The second-order valence-corrected chi connectivity index (χ2v) is 17.9. The van der Waals surface area contributed by atoms with Crippen LogP contribution in [0.4, 0.5) is 30.5 Å². The molecule has 4 saturated heterocycles. The number of ether oxygens (including phenoxy) is 2. The van der Waals surface area contributed by atoms with E-state index in [4.69, 9.17) is 25.9 Å². The van der Waals surface area contributed by atoms with Gasteiger partial charge in [0.05, 0.1) is 83.5 Å². The summed E-state index contributed by atoms with van der Waals surface area (Å²) < 4.78 is 60.1. The highest BCUT2D eigenvalue weighted by Gasteiger charge is 2.49. The summed E-state index contributed by atoms with van der Waals surface area (Å²) in [5.41, 5.74) is -0.537. The number of halogens is 3. The topological polar surface area (TPSA) is 144 Å². The number of aliphatic hydroxyl groups is 1. The number of amides is 1. The molecule has 4 fully saturated rings. The van der Waals surface area contributed by atoms with Crippen molar-refractivity contribution < 1.29 is 32.5 Å². The molecule has 0 spiro atoms. The van der Waals surface area contributed by atoms with Crippen LogP contribution in [0.15, 0.2) is 49.3 Å². The molecule has 1 unspecified atom stereocenters. The van der Waals surface area contributed by atoms with Crippen LogP contribution in [0.2, 0.25) is 0 Å². The van der Waals surface area contributed by atoms with E-state index in [1.54, 1.807) is 24.1 Å². The molecule has 7 heterocycles. The van der Waals surface area contributed by atoms with Crippen molar-refractivity contribution in [1.82, 2.24) is 24.8 Å². The SMILES string of the molecule is C#Cc1c(F)ccc2c1[C@H](c1ncc3c(N4C[C@H]5CC(C#N)[C@@H](C4)N5C(=O)C=C)nc(OC[C@]4(C)C[C@@H](F)CN4c4ccc(N5CCOC[C@@H]5C)cn4)nc3c1F)C[C@@](C)(O)C2. The third-order valence-electron chi connectivity index (χ3n) is 13.4. The number of nitrogens with zero attached hydrogens (tertiary/aromatic N) is 9. The molecule has 4 aromatic rings. The zero-order chi connectivity index (χ0) is 43.7. The molecule has 2 bridgehead atoms. The Bertz CT molecular complexity index is 2530. The maximum atomic E-state index is 17.5. The fourth-order valence-electron chi connectivity index (χ4n) is 10.5. The Kier molecular flexibility index (Phi) is 10.5. The number of fused-ring (bicyclic) bond motifs is 4. The van der Waals surface area contributed by atoms with Gasteiger partial charge < -0.3 is 34.2 Å². The Labute approximate surface area is 358 Å². The van der Waals surface area contributed by atoms with Gasteiger partial charge in [-0.25, -0.2) is 18.2 Å².